The number of rotatable bonds is 3. The van der Waals surface area contributed by atoms with Crippen LogP contribution in [0.25, 0.3) is 0 Å². The number of benzene rings is 1. The molecular formula is C14H19N. The van der Waals surface area contributed by atoms with Gasteiger partial charge in [0.2, 0.25) is 0 Å². The summed E-state index contributed by atoms with van der Waals surface area (Å²) in [6.45, 7) is 6.19. The number of hydrogen-bond acceptors (Lipinski definition) is 1. The van der Waals surface area contributed by atoms with Crippen LogP contribution in [0, 0.1) is 17.8 Å². The zero-order chi connectivity index (χ0) is 10.3. The van der Waals surface area contributed by atoms with Gasteiger partial charge in [0.15, 0.2) is 0 Å². The predicted octanol–water partition coefficient (Wildman–Crippen LogP) is 2.77. The van der Waals surface area contributed by atoms with E-state index in [0.29, 0.717) is 0 Å². The first-order chi connectivity index (χ1) is 7.38. The second-order valence-electron chi connectivity index (χ2n) is 5.08. The van der Waals surface area contributed by atoms with E-state index in [0.717, 1.165) is 24.3 Å². The fourth-order valence-corrected chi connectivity index (χ4v) is 3.31. The van der Waals surface area contributed by atoms with Crippen LogP contribution in [0.4, 0.5) is 0 Å². The summed E-state index contributed by atoms with van der Waals surface area (Å²) in [5, 5.41) is 0. The minimum absolute atomic E-state index is 1.04. The molecule has 0 unspecified atom stereocenters. The first kappa shape index (κ1) is 9.41. The van der Waals surface area contributed by atoms with Crippen molar-refractivity contribution in [3.8, 4) is 0 Å². The molecule has 0 radical (unpaired) electrons. The molecule has 15 heavy (non-hydrogen) atoms. The smallest absolute Gasteiger partial charge is 0.0233 e. The Morgan fingerprint density at radius 1 is 1.13 bits per heavy atom. The Morgan fingerprint density at radius 3 is 2.40 bits per heavy atom. The molecule has 0 bridgehead atoms. The molecule has 1 aliphatic carbocycles. The lowest BCUT2D eigenvalue weighted by molar-refractivity contribution is 0.276. The standard InChI is InChI=1S/C14H19N/c1-2-12-13-9-15(10-14(12)13)8-11-6-4-3-5-7-11/h3-7,12-14H,2,8-10H2,1H3/t12-,13-,14+. The van der Waals surface area contributed by atoms with Crippen molar-refractivity contribution in [1.29, 1.82) is 0 Å². The maximum absolute atomic E-state index is 2.62. The van der Waals surface area contributed by atoms with Gasteiger partial charge in [0, 0.05) is 19.6 Å². The van der Waals surface area contributed by atoms with Gasteiger partial charge in [-0.05, 0) is 23.3 Å². The molecule has 0 amide bonds. The monoisotopic (exact) mass is 201 g/mol. The number of fused-ring (bicyclic) bond motifs is 1. The van der Waals surface area contributed by atoms with E-state index in [-0.39, 0.29) is 0 Å². The van der Waals surface area contributed by atoms with E-state index in [1.807, 2.05) is 0 Å². The summed E-state index contributed by atoms with van der Waals surface area (Å²) >= 11 is 0. The molecule has 0 spiro atoms. The van der Waals surface area contributed by atoms with Crippen molar-refractivity contribution >= 4 is 0 Å². The topological polar surface area (TPSA) is 3.24 Å². The number of hydrogen-bond donors (Lipinski definition) is 0. The van der Waals surface area contributed by atoms with Crippen LogP contribution >= 0.6 is 0 Å². The fourth-order valence-electron chi connectivity index (χ4n) is 3.31. The molecule has 80 valence electrons. The van der Waals surface area contributed by atoms with E-state index < -0.39 is 0 Å². The molecule has 1 aliphatic heterocycles. The molecule has 1 aromatic rings. The van der Waals surface area contributed by atoms with Crippen molar-refractivity contribution in [2.24, 2.45) is 17.8 Å². The van der Waals surface area contributed by atoms with Gasteiger partial charge >= 0.3 is 0 Å². The molecule has 1 aromatic carbocycles. The third-order valence-electron chi connectivity index (χ3n) is 4.17. The Morgan fingerprint density at radius 2 is 1.80 bits per heavy atom. The zero-order valence-electron chi connectivity index (χ0n) is 9.39. The molecule has 0 N–H and O–H groups in total. The van der Waals surface area contributed by atoms with Crippen LogP contribution in [0.2, 0.25) is 0 Å². The highest BCUT2D eigenvalue weighted by Crippen LogP contribution is 2.53. The summed E-state index contributed by atoms with van der Waals surface area (Å²) in [6, 6.07) is 10.8. The lowest BCUT2D eigenvalue weighted by atomic mass is 10.2. The van der Waals surface area contributed by atoms with Crippen LogP contribution in [0.5, 0.6) is 0 Å². The summed E-state index contributed by atoms with van der Waals surface area (Å²) in [6.07, 6.45) is 1.40. The van der Waals surface area contributed by atoms with E-state index in [2.05, 4.69) is 42.2 Å². The molecule has 1 heterocycles. The number of nitrogens with zero attached hydrogens (tertiary/aromatic N) is 1. The van der Waals surface area contributed by atoms with E-state index in [1.54, 1.807) is 0 Å². The second kappa shape index (κ2) is 3.64. The number of piperidine rings is 1. The summed E-state index contributed by atoms with van der Waals surface area (Å²) < 4.78 is 0. The molecular weight excluding hydrogens is 182 g/mol. The average Bonchev–Trinajstić information content (AvgIpc) is 2.75. The first-order valence-electron chi connectivity index (χ1n) is 6.14. The predicted molar refractivity (Wildman–Crippen MR) is 62.5 cm³/mol. The average molecular weight is 201 g/mol. The molecule has 1 heteroatoms. The van der Waals surface area contributed by atoms with Crippen LogP contribution < -0.4 is 0 Å². The van der Waals surface area contributed by atoms with Gasteiger partial charge < -0.3 is 0 Å². The minimum atomic E-state index is 1.04. The first-order valence-corrected chi connectivity index (χ1v) is 6.14. The summed E-state index contributed by atoms with van der Waals surface area (Å²) in [5.74, 6) is 3.15. The highest BCUT2D eigenvalue weighted by molar-refractivity contribution is 5.15. The molecule has 1 saturated carbocycles. The summed E-state index contributed by atoms with van der Waals surface area (Å²) in [5.41, 5.74) is 1.46. The Kier molecular flexibility index (Phi) is 2.28. The van der Waals surface area contributed by atoms with Gasteiger partial charge in [-0.15, -0.1) is 0 Å². The largest absolute Gasteiger partial charge is 0.298 e. The van der Waals surface area contributed by atoms with E-state index >= 15 is 0 Å². The molecule has 1 saturated heterocycles. The molecule has 1 nitrogen and oxygen atoms in total. The molecule has 0 aromatic heterocycles. The van der Waals surface area contributed by atoms with Crippen molar-refractivity contribution in [1.82, 2.24) is 4.90 Å². The van der Waals surface area contributed by atoms with Crippen molar-refractivity contribution in [2.75, 3.05) is 13.1 Å². The van der Waals surface area contributed by atoms with Gasteiger partial charge in [-0.25, -0.2) is 0 Å². The van der Waals surface area contributed by atoms with Crippen LogP contribution in [-0.4, -0.2) is 18.0 Å². The Hall–Kier alpha value is -0.820. The zero-order valence-corrected chi connectivity index (χ0v) is 9.39. The van der Waals surface area contributed by atoms with E-state index in [9.17, 15) is 0 Å². The Bertz CT molecular complexity index is 320. The van der Waals surface area contributed by atoms with Gasteiger partial charge in [-0.3, -0.25) is 4.90 Å². The van der Waals surface area contributed by atoms with E-state index in [1.165, 1.54) is 25.1 Å². The van der Waals surface area contributed by atoms with Gasteiger partial charge in [0.05, 0.1) is 0 Å². The normalized spacial score (nSPS) is 34.1. The third-order valence-corrected chi connectivity index (χ3v) is 4.17. The Balaban J connectivity index is 1.56. The third kappa shape index (κ3) is 1.69. The van der Waals surface area contributed by atoms with Crippen LogP contribution in [0.15, 0.2) is 30.3 Å². The fraction of sp³-hybridized carbons (Fsp3) is 0.571. The van der Waals surface area contributed by atoms with Crippen LogP contribution in [0.3, 0.4) is 0 Å². The number of likely N-dealkylation sites (tertiary alicyclic amines) is 1. The minimum Gasteiger partial charge on any atom is -0.298 e. The van der Waals surface area contributed by atoms with Crippen LogP contribution in [0.1, 0.15) is 18.9 Å². The van der Waals surface area contributed by atoms with Gasteiger partial charge in [-0.1, -0.05) is 43.7 Å². The quantitative estimate of drug-likeness (QED) is 0.727. The van der Waals surface area contributed by atoms with Gasteiger partial charge in [-0.2, -0.15) is 0 Å². The van der Waals surface area contributed by atoms with E-state index in [4.69, 9.17) is 0 Å². The van der Waals surface area contributed by atoms with Crippen LogP contribution in [-0.2, 0) is 6.54 Å². The second-order valence-corrected chi connectivity index (χ2v) is 5.08. The summed E-state index contributed by atoms with van der Waals surface area (Å²) in [7, 11) is 0. The molecule has 3 atom stereocenters. The van der Waals surface area contributed by atoms with Gasteiger partial charge in [0.1, 0.15) is 0 Å². The lowest BCUT2D eigenvalue weighted by Gasteiger charge is -2.18. The van der Waals surface area contributed by atoms with Gasteiger partial charge in [0.25, 0.3) is 0 Å². The van der Waals surface area contributed by atoms with Crippen molar-refractivity contribution in [2.45, 2.75) is 19.9 Å². The Labute approximate surface area is 92.1 Å². The molecule has 2 fully saturated rings. The highest BCUT2D eigenvalue weighted by atomic mass is 15.2. The van der Waals surface area contributed by atoms with Crippen molar-refractivity contribution in [3.05, 3.63) is 35.9 Å². The molecule has 2 aliphatic rings. The van der Waals surface area contributed by atoms with Crippen molar-refractivity contribution < 1.29 is 0 Å². The maximum Gasteiger partial charge on any atom is 0.0233 e. The maximum atomic E-state index is 2.62. The highest BCUT2D eigenvalue weighted by Gasteiger charge is 2.53. The lowest BCUT2D eigenvalue weighted by Crippen LogP contribution is -2.23. The SMILES string of the molecule is CC[C@@H]1[C@H]2CN(Cc3ccccc3)C[C@@H]12. The molecule has 3 rings (SSSR count). The summed E-state index contributed by atoms with van der Waals surface area (Å²) in [4.78, 5) is 2.62. The van der Waals surface area contributed by atoms with Crippen molar-refractivity contribution in [3.63, 3.8) is 0 Å².